The van der Waals surface area contributed by atoms with Crippen molar-refractivity contribution in [3.63, 3.8) is 0 Å². The predicted octanol–water partition coefficient (Wildman–Crippen LogP) is 0.227. The zero-order valence-electron chi connectivity index (χ0n) is 29.6. The van der Waals surface area contributed by atoms with Crippen LogP contribution in [0.25, 0.3) is 0 Å². The molecular weight excluding hydrogens is 668 g/mol. The summed E-state index contributed by atoms with van der Waals surface area (Å²) in [6.07, 6.45) is 3.04. The largest absolute Gasteiger partial charge is 0.380 e. The summed E-state index contributed by atoms with van der Waals surface area (Å²) in [7, 11) is 1.59. The van der Waals surface area contributed by atoms with E-state index in [1.54, 1.807) is 33.1 Å². The van der Waals surface area contributed by atoms with Gasteiger partial charge in [-0.05, 0) is 36.5 Å². The highest BCUT2D eigenvalue weighted by molar-refractivity contribution is 6.12. The van der Waals surface area contributed by atoms with Gasteiger partial charge in [-0.1, -0.05) is 26.0 Å². The summed E-state index contributed by atoms with van der Waals surface area (Å²) in [6, 6.07) is 4.54. The zero-order valence-corrected chi connectivity index (χ0v) is 29.6. The lowest BCUT2D eigenvalue weighted by Gasteiger charge is -2.25. The number of rotatable bonds is 27. The number of benzene rings is 1. The Labute approximate surface area is 298 Å². The second kappa shape index (κ2) is 24.7. The Bertz CT molecular complexity index is 1270. The number of primary amides is 1. The lowest BCUT2D eigenvalue weighted by Crippen LogP contribution is -2.54. The number of anilines is 1. The maximum atomic E-state index is 13.3. The molecule has 2 atom stereocenters. The van der Waals surface area contributed by atoms with Crippen molar-refractivity contribution in [3.05, 3.63) is 42.0 Å². The van der Waals surface area contributed by atoms with Gasteiger partial charge in [0.1, 0.15) is 12.1 Å². The molecule has 17 nitrogen and oxygen atoms in total. The molecule has 51 heavy (non-hydrogen) atoms. The molecule has 0 radical (unpaired) electrons. The third-order valence-corrected chi connectivity index (χ3v) is 7.35. The SMILES string of the molecule is COCc1ccc(NC(=O)C(CCCNC(N)=O)NC(=O)C(NC(=O)CCOCCOCCOCCOCCN2C(=O)C=CC2=O)C(C)C)cc1. The predicted molar refractivity (Wildman–Crippen MR) is 185 cm³/mol. The van der Waals surface area contributed by atoms with Gasteiger partial charge in [0, 0.05) is 37.9 Å². The topological polar surface area (TPSA) is 226 Å². The molecule has 6 N–H and O–H groups in total. The van der Waals surface area contributed by atoms with Crippen LogP contribution in [0.4, 0.5) is 10.5 Å². The van der Waals surface area contributed by atoms with Gasteiger partial charge >= 0.3 is 6.03 Å². The third-order valence-electron chi connectivity index (χ3n) is 7.35. The summed E-state index contributed by atoms with van der Waals surface area (Å²) < 4.78 is 26.8. The van der Waals surface area contributed by atoms with E-state index in [0.717, 1.165) is 10.5 Å². The van der Waals surface area contributed by atoms with Gasteiger partial charge in [0.15, 0.2) is 0 Å². The van der Waals surface area contributed by atoms with Crippen LogP contribution < -0.4 is 27.0 Å². The highest BCUT2D eigenvalue weighted by Gasteiger charge is 2.29. The second-order valence-corrected chi connectivity index (χ2v) is 11.8. The average Bonchev–Trinajstić information content (AvgIpc) is 3.41. The van der Waals surface area contributed by atoms with E-state index in [-0.39, 0.29) is 63.5 Å². The highest BCUT2D eigenvalue weighted by Crippen LogP contribution is 2.12. The molecule has 1 heterocycles. The van der Waals surface area contributed by atoms with Gasteiger partial charge in [-0.2, -0.15) is 0 Å². The van der Waals surface area contributed by atoms with E-state index < -0.39 is 35.8 Å². The summed E-state index contributed by atoms with van der Waals surface area (Å²) in [5.74, 6) is -2.33. The number of nitrogens with one attached hydrogen (secondary N) is 4. The van der Waals surface area contributed by atoms with Crippen LogP contribution in [0.5, 0.6) is 0 Å². The first-order chi connectivity index (χ1) is 24.5. The Kier molecular flexibility index (Phi) is 20.7. The number of nitrogens with two attached hydrogens (primary N) is 1. The van der Waals surface area contributed by atoms with Gasteiger partial charge in [0.2, 0.25) is 17.7 Å². The first kappa shape index (κ1) is 42.7. The molecule has 2 rings (SSSR count). The van der Waals surface area contributed by atoms with Crippen LogP contribution in [0.3, 0.4) is 0 Å². The molecule has 17 heteroatoms. The fourth-order valence-corrected chi connectivity index (χ4v) is 4.64. The van der Waals surface area contributed by atoms with E-state index in [2.05, 4.69) is 21.3 Å². The Morgan fingerprint density at radius 2 is 1.35 bits per heavy atom. The van der Waals surface area contributed by atoms with Gasteiger partial charge in [0.05, 0.1) is 66.0 Å². The minimum absolute atomic E-state index is 0.0119. The van der Waals surface area contributed by atoms with Crippen molar-refractivity contribution in [2.45, 2.75) is 51.8 Å². The summed E-state index contributed by atoms with van der Waals surface area (Å²) >= 11 is 0. The fraction of sp³-hybridized carbons (Fsp3) is 0.588. The number of methoxy groups -OCH3 is 1. The van der Waals surface area contributed by atoms with Crippen molar-refractivity contribution in [2.75, 3.05) is 78.4 Å². The molecule has 0 aromatic heterocycles. The van der Waals surface area contributed by atoms with Gasteiger partial charge in [-0.15, -0.1) is 0 Å². The molecular formula is C34H52N6O11. The van der Waals surface area contributed by atoms with Crippen molar-refractivity contribution in [1.29, 1.82) is 0 Å². The Balaban J connectivity index is 1.65. The molecule has 0 saturated carbocycles. The molecule has 284 valence electrons. The number of imide groups is 1. The van der Waals surface area contributed by atoms with Crippen molar-refractivity contribution >= 4 is 41.3 Å². The van der Waals surface area contributed by atoms with Crippen LogP contribution in [-0.2, 0) is 54.3 Å². The first-order valence-electron chi connectivity index (χ1n) is 16.9. The number of urea groups is 1. The van der Waals surface area contributed by atoms with Crippen LogP contribution in [0.2, 0.25) is 0 Å². The molecule has 1 aromatic rings. The van der Waals surface area contributed by atoms with Gasteiger partial charge in [0.25, 0.3) is 11.8 Å². The number of nitrogens with zero attached hydrogens (tertiary/aromatic N) is 1. The molecule has 2 unspecified atom stereocenters. The van der Waals surface area contributed by atoms with Gasteiger partial charge in [-0.3, -0.25) is 28.9 Å². The van der Waals surface area contributed by atoms with E-state index >= 15 is 0 Å². The number of amides is 7. The molecule has 0 spiro atoms. The number of hydrogen-bond donors (Lipinski definition) is 5. The smallest absolute Gasteiger partial charge is 0.312 e. The van der Waals surface area contributed by atoms with E-state index in [4.69, 9.17) is 29.4 Å². The summed E-state index contributed by atoms with van der Waals surface area (Å²) in [4.78, 5) is 74.3. The van der Waals surface area contributed by atoms with E-state index in [1.807, 2.05) is 12.1 Å². The van der Waals surface area contributed by atoms with Crippen LogP contribution >= 0.6 is 0 Å². The Hall–Kier alpha value is -4.42. The normalized spacial score (nSPS) is 13.7. The minimum Gasteiger partial charge on any atom is -0.380 e. The number of hydrogen-bond acceptors (Lipinski definition) is 11. The molecule has 0 aliphatic carbocycles. The molecule has 0 saturated heterocycles. The van der Waals surface area contributed by atoms with Crippen LogP contribution in [0, 0.1) is 5.92 Å². The summed E-state index contributed by atoms with van der Waals surface area (Å²) in [5.41, 5.74) is 6.60. The minimum atomic E-state index is -0.949. The summed E-state index contributed by atoms with van der Waals surface area (Å²) in [5, 5.41) is 10.8. The fourth-order valence-electron chi connectivity index (χ4n) is 4.64. The average molecular weight is 721 g/mol. The van der Waals surface area contributed by atoms with Gasteiger partial charge in [-0.25, -0.2) is 4.79 Å². The second-order valence-electron chi connectivity index (χ2n) is 11.8. The Morgan fingerprint density at radius 3 is 1.90 bits per heavy atom. The maximum Gasteiger partial charge on any atom is 0.312 e. The molecule has 1 aliphatic rings. The number of ether oxygens (including phenoxy) is 5. The van der Waals surface area contributed by atoms with Crippen molar-refractivity contribution in [2.24, 2.45) is 11.7 Å². The molecule has 0 fully saturated rings. The van der Waals surface area contributed by atoms with Crippen molar-refractivity contribution in [3.8, 4) is 0 Å². The quantitative estimate of drug-likeness (QED) is 0.0611. The van der Waals surface area contributed by atoms with E-state index in [9.17, 15) is 28.8 Å². The lowest BCUT2D eigenvalue weighted by atomic mass is 10.0. The van der Waals surface area contributed by atoms with Crippen molar-refractivity contribution < 1.29 is 52.5 Å². The molecule has 0 bridgehead atoms. The van der Waals surface area contributed by atoms with Crippen LogP contribution in [-0.4, -0.2) is 126 Å². The maximum absolute atomic E-state index is 13.3. The van der Waals surface area contributed by atoms with Crippen molar-refractivity contribution in [1.82, 2.24) is 20.9 Å². The summed E-state index contributed by atoms with van der Waals surface area (Å²) in [6.45, 7) is 6.59. The van der Waals surface area contributed by atoms with Crippen LogP contribution in [0.15, 0.2) is 36.4 Å². The highest BCUT2D eigenvalue weighted by atomic mass is 16.6. The van der Waals surface area contributed by atoms with E-state index in [0.29, 0.717) is 51.7 Å². The molecule has 1 aromatic carbocycles. The third kappa shape index (κ3) is 17.9. The zero-order chi connectivity index (χ0) is 37.4. The first-order valence-corrected chi connectivity index (χ1v) is 16.9. The standard InChI is InChI=1S/C34H52N6O11/c1-24(2)31(33(45)38-27(5-4-13-36-34(35)46)32(44)37-26-8-6-25(7-9-26)23-47-3)39-28(41)12-15-48-17-19-50-21-22-51-20-18-49-16-14-40-29(42)10-11-30(40)43/h6-11,24,27,31H,4-5,12-23H2,1-3H3,(H,37,44)(H,38,45)(H,39,41)(H3,35,36,46). The van der Waals surface area contributed by atoms with Gasteiger partial charge < -0.3 is 50.7 Å². The molecule has 1 aliphatic heterocycles. The van der Waals surface area contributed by atoms with E-state index in [1.165, 1.54) is 12.2 Å². The monoisotopic (exact) mass is 720 g/mol. The number of carbonyl (C=O) groups excluding carboxylic acids is 6. The van der Waals surface area contributed by atoms with Crippen LogP contribution in [0.1, 0.15) is 38.7 Å². The lowest BCUT2D eigenvalue weighted by molar-refractivity contribution is -0.137. The molecule has 7 amide bonds. The number of carbonyl (C=O) groups is 6. The Morgan fingerprint density at radius 1 is 0.784 bits per heavy atom.